The van der Waals surface area contributed by atoms with Gasteiger partial charge in [-0.05, 0) is 31.1 Å². The fourth-order valence-corrected chi connectivity index (χ4v) is 2.82. The Morgan fingerprint density at radius 3 is 2.76 bits per heavy atom. The lowest BCUT2D eigenvalue weighted by Crippen LogP contribution is -2.37. The van der Waals surface area contributed by atoms with Gasteiger partial charge < -0.3 is 15.7 Å². The molecule has 0 spiro atoms. The molecule has 0 aliphatic carbocycles. The Labute approximate surface area is 128 Å². The number of carboxylic acid groups (broad SMARTS) is 1. The molecular weight excluding hydrogens is 292 g/mol. The van der Waals surface area contributed by atoms with Crippen LogP contribution in [0.5, 0.6) is 0 Å². The standard InChI is InChI=1S/C15H17ClN2O3/c1-15(14(17)21)7-8-18(9-15)13-10(5-6-12(19)20)3-2-4-11(13)16/h2-6H,7-9H2,1H3,(H2,17,21)(H,19,20)/b6-5+. The Bertz CT molecular complexity index is 615. The van der Waals surface area contributed by atoms with Crippen LogP contribution in [0.1, 0.15) is 18.9 Å². The van der Waals surface area contributed by atoms with E-state index in [1.165, 1.54) is 6.08 Å². The van der Waals surface area contributed by atoms with Gasteiger partial charge in [-0.2, -0.15) is 0 Å². The first kappa shape index (κ1) is 15.4. The number of carbonyl (C=O) groups excluding carboxylic acids is 1. The zero-order valence-corrected chi connectivity index (χ0v) is 12.4. The number of nitrogens with zero attached hydrogens (tertiary/aromatic N) is 1. The summed E-state index contributed by atoms with van der Waals surface area (Å²) < 4.78 is 0. The van der Waals surface area contributed by atoms with Crippen LogP contribution in [-0.4, -0.2) is 30.1 Å². The second-order valence-electron chi connectivity index (χ2n) is 5.45. The molecule has 1 heterocycles. The zero-order chi connectivity index (χ0) is 15.6. The molecule has 0 aromatic heterocycles. The van der Waals surface area contributed by atoms with E-state index in [2.05, 4.69) is 0 Å². The molecule has 21 heavy (non-hydrogen) atoms. The van der Waals surface area contributed by atoms with Crippen molar-refractivity contribution < 1.29 is 14.7 Å². The maximum Gasteiger partial charge on any atom is 0.328 e. The molecule has 0 saturated carbocycles. The van der Waals surface area contributed by atoms with E-state index >= 15 is 0 Å². The summed E-state index contributed by atoms with van der Waals surface area (Å²) in [5, 5.41) is 9.29. The first-order valence-electron chi connectivity index (χ1n) is 6.58. The summed E-state index contributed by atoms with van der Waals surface area (Å²) in [6.45, 7) is 2.95. The highest BCUT2D eigenvalue weighted by Gasteiger charge is 2.39. The Hall–Kier alpha value is -2.01. The van der Waals surface area contributed by atoms with Crippen molar-refractivity contribution in [3.8, 4) is 0 Å². The van der Waals surface area contributed by atoms with Crippen LogP contribution in [0.15, 0.2) is 24.3 Å². The molecular formula is C15H17ClN2O3. The number of aliphatic carboxylic acids is 1. The maximum atomic E-state index is 11.6. The average Bonchev–Trinajstić information content (AvgIpc) is 2.80. The molecule has 1 saturated heterocycles. The number of halogens is 1. The topological polar surface area (TPSA) is 83.6 Å². The summed E-state index contributed by atoms with van der Waals surface area (Å²) in [7, 11) is 0. The third-order valence-corrected chi connectivity index (χ3v) is 4.11. The van der Waals surface area contributed by atoms with Gasteiger partial charge in [0.15, 0.2) is 0 Å². The van der Waals surface area contributed by atoms with E-state index in [-0.39, 0.29) is 5.91 Å². The minimum Gasteiger partial charge on any atom is -0.478 e. The van der Waals surface area contributed by atoms with Crippen LogP contribution in [-0.2, 0) is 9.59 Å². The van der Waals surface area contributed by atoms with Crippen LogP contribution in [0.25, 0.3) is 6.08 Å². The van der Waals surface area contributed by atoms with Crippen molar-refractivity contribution in [2.45, 2.75) is 13.3 Å². The summed E-state index contributed by atoms with van der Waals surface area (Å²) in [5.74, 6) is -1.36. The minimum absolute atomic E-state index is 0.334. The van der Waals surface area contributed by atoms with Crippen molar-refractivity contribution in [1.29, 1.82) is 0 Å². The van der Waals surface area contributed by atoms with E-state index in [1.54, 1.807) is 18.2 Å². The predicted molar refractivity (Wildman–Crippen MR) is 82.3 cm³/mol. The van der Waals surface area contributed by atoms with Crippen LogP contribution in [0.3, 0.4) is 0 Å². The molecule has 0 bridgehead atoms. The molecule has 1 aliphatic rings. The molecule has 112 valence electrons. The van der Waals surface area contributed by atoms with Gasteiger partial charge in [0.2, 0.25) is 5.91 Å². The number of rotatable bonds is 4. The average molecular weight is 309 g/mol. The molecule has 3 N–H and O–H groups in total. The lowest BCUT2D eigenvalue weighted by atomic mass is 9.89. The number of carboxylic acids is 1. The zero-order valence-electron chi connectivity index (χ0n) is 11.7. The third-order valence-electron chi connectivity index (χ3n) is 3.81. The Balaban J connectivity index is 2.36. The SMILES string of the molecule is CC1(C(N)=O)CCN(c2c(Cl)cccc2/C=C/C(=O)O)C1. The monoisotopic (exact) mass is 308 g/mol. The second kappa shape index (κ2) is 5.77. The second-order valence-corrected chi connectivity index (χ2v) is 5.85. The molecule has 1 aromatic rings. The van der Waals surface area contributed by atoms with E-state index in [0.717, 1.165) is 11.8 Å². The fraction of sp³-hybridized carbons (Fsp3) is 0.333. The van der Waals surface area contributed by atoms with Crippen molar-refractivity contribution in [1.82, 2.24) is 0 Å². The molecule has 1 atom stereocenters. The third kappa shape index (κ3) is 3.19. The van der Waals surface area contributed by atoms with E-state index in [4.69, 9.17) is 22.4 Å². The van der Waals surface area contributed by atoms with Crippen LogP contribution >= 0.6 is 11.6 Å². The summed E-state index contributed by atoms with van der Waals surface area (Å²) in [6.07, 6.45) is 3.22. The van der Waals surface area contributed by atoms with E-state index in [9.17, 15) is 9.59 Å². The Morgan fingerprint density at radius 1 is 1.48 bits per heavy atom. The van der Waals surface area contributed by atoms with Crippen molar-refractivity contribution >= 4 is 35.2 Å². The maximum absolute atomic E-state index is 11.6. The highest BCUT2D eigenvalue weighted by atomic mass is 35.5. The van der Waals surface area contributed by atoms with Crippen LogP contribution in [0.4, 0.5) is 5.69 Å². The molecule has 2 rings (SSSR count). The predicted octanol–water partition coefficient (Wildman–Crippen LogP) is 2.14. The van der Waals surface area contributed by atoms with Crippen molar-refractivity contribution in [2.75, 3.05) is 18.0 Å². The number of hydrogen-bond acceptors (Lipinski definition) is 3. The highest BCUT2D eigenvalue weighted by Crippen LogP contribution is 2.38. The van der Waals surface area contributed by atoms with Gasteiger partial charge in [0, 0.05) is 19.2 Å². The van der Waals surface area contributed by atoms with Crippen LogP contribution < -0.4 is 10.6 Å². The smallest absolute Gasteiger partial charge is 0.328 e. The van der Waals surface area contributed by atoms with Crippen molar-refractivity contribution in [3.63, 3.8) is 0 Å². The number of para-hydroxylation sites is 1. The van der Waals surface area contributed by atoms with Crippen molar-refractivity contribution in [2.24, 2.45) is 11.1 Å². The number of nitrogens with two attached hydrogens (primary N) is 1. The quantitative estimate of drug-likeness (QED) is 0.835. The van der Waals surface area contributed by atoms with Gasteiger partial charge in [0.25, 0.3) is 0 Å². The van der Waals surface area contributed by atoms with E-state index in [0.29, 0.717) is 30.1 Å². The Kier molecular flexibility index (Phi) is 4.23. The minimum atomic E-state index is -1.02. The molecule has 0 radical (unpaired) electrons. The lowest BCUT2D eigenvalue weighted by Gasteiger charge is -2.25. The van der Waals surface area contributed by atoms with Gasteiger partial charge >= 0.3 is 5.97 Å². The number of carbonyl (C=O) groups is 2. The molecule has 6 heteroatoms. The fourth-order valence-electron chi connectivity index (χ4n) is 2.51. The van der Waals surface area contributed by atoms with Gasteiger partial charge in [0.05, 0.1) is 16.1 Å². The first-order chi connectivity index (χ1) is 9.83. The lowest BCUT2D eigenvalue weighted by molar-refractivity contribution is -0.131. The molecule has 1 unspecified atom stereocenters. The van der Waals surface area contributed by atoms with E-state index < -0.39 is 11.4 Å². The summed E-state index contributed by atoms with van der Waals surface area (Å²) in [4.78, 5) is 24.2. The number of anilines is 1. The highest BCUT2D eigenvalue weighted by molar-refractivity contribution is 6.33. The summed E-state index contributed by atoms with van der Waals surface area (Å²) >= 11 is 6.26. The number of amides is 1. The molecule has 1 fully saturated rings. The molecule has 5 nitrogen and oxygen atoms in total. The molecule has 1 aromatic carbocycles. The number of primary amides is 1. The molecule has 1 aliphatic heterocycles. The summed E-state index contributed by atoms with van der Waals surface area (Å²) in [5.41, 5.74) is 6.31. The van der Waals surface area contributed by atoms with Gasteiger partial charge in [-0.15, -0.1) is 0 Å². The number of hydrogen-bond donors (Lipinski definition) is 2. The van der Waals surface area contributed by atoms with Gasteiger partial charge in [0.1, 0.15) is 0 Å². The Morgan fingerprint density at radius 2 is 2.19 bits per heavy atom. The molecule has 1 amide bonds. The largest absolute Gasteiger partial charge is 0.478 e. The van der Waals surface area contributed by atoms with Gasteiger partial charge in [-0.25, -0.2) is 4.79 Å². The first-order valence-corrected chi connectivity index (χ1v) is 6.96. The van der Waals surface area contributed by atoms with Gasteiger partial charge in [-0.1, -0.05) is 23.7 Å². The van der Waals surface area contributed by atoms with Gasteiger partial charge in [-0.3, -0.25) is 4.79 Å². The van der Waals surface area contributed by atoms with Crippen LogP contribution in [0, 0.1) is 5.41 Å². The van der Waals surface area contributed by atoms with Crippen LogP contribution in [0.2, 0.25) is 5.02 Å². The summed E-state index contributed by atoms with van der Waals surface area (Å²) in [6, 6.07) is 5.30. The van der Waals surface area contributed by atoms with Crippen molar-refractivity contribution in [3.05, 3.63) is 34.9 Å². The van der Waals surface area contributed by atoms with E-state index in [1.807, 2.05) is 11.8 Å². The number of benzene rings is 1. The normalized spacial score (nSPS) is 21.9.